The van der Waals surface area contributed by atoms with Crippen LogP contribution < -0.4 is 0 Å². The Balaban J connectivity index is 1.27. The minimum absolute atomic E-state index is 0.675. The Morgan fingerprint density at radius 3 is 1.19 bits per heavy atom. The SMILES string of the molecule is Cc1cc(C2CCCCC2)ccc1-c1cc(-c2ccccc2)c2ccc3c(-c4ccccc4)cc(-c4ccc(C5CCCCC5)cc4C)nc3c2n1. The second-order valence-electron chi connectivity index (χ2n) is 15.5. The first-order valence-electron chi connectivity index (χ1n) is 19.7. The van der Waals surface area contributed by atoms with E-state index in [0.717, 1.165) is 33.2 Å². The van der Waals surface area contributed by atoms with Crippen molar-refractivity contribution >= 4 is 21.8 Å². The molecule has 52 heavy (non-hydrogen) atoms. The zero-order valence-corrected chi connectivity index (χ0v) is 30.7. The molecule has 0 N–H and O–H groups in total. The quantitative estimate of drug-likeness (QED) is 0.164. The fourth-order valence-electron chi connectivity index (χ4n) is 9.29. The molecule has 0 saturated heterocycles. The van der Waals surface area contributed by atoms with E-state index in [1.165, 1.54) is 120 Å². The number of aryl methyl sites for hydroxylation is 2. The van der Waals surface area contributed by atoms with E-state index in [-0.39, 0.29) is 0 Å². The van der Waals surface area contributed by atoms with Crippen molar-refractivity contribution in [1.82, 2.24) is 9.97 Å². The molecular formula is C50H48N2. The van der Waals surface area contributed by atoms with Crippen LogP contribution in [0.1, 0.15) is 98.3 Å². The number of hydrogen-bond donors (Lipinski definition) is 0. The van der Waals surface area contributed by atoms with Gasteiger partial charge in [0.25, 0.3) is 0 Å². The lowest BCUT2D eigenvalue weighted by Crippen LogP contribution is -2.05. The molecule has 2 heterocycles. The molecule has 0 radical (unpaired) electrons. The zero-order valence-electron chi connectivity index (χ0n) is 30.7. The van der Waals surface area contributed by atoms with E-state index in [9.17, 15) is 0 Å². The number of rotatable bonds is 6. The summed E-state index contributed by atoms with van der Waals surface area (Å²) in [6, 6.07) is 45.1. The van der Waals surface area contributed by atoms with Gasteiger partial charge in [-0.25, -0.2) is 9.97 Å². The summed E-state index contributed by atoms with van der Waals surface area (Å²) in [5.41, 5.74) is 16.7. The van der Waals surface area contributed by atoms with Gasteiger partial charge in [-0.1, -0.05) is 148 Å². The van der Waals surface area contributed by atoms with E-state index in [2.05, 4.69) is 135 Å². The van der Waals surface area contributed by atoms with Crippen LogP contribution in [0.3, 0.4) is 0 Å². The Kier molecular flexibility index (Phi) is 8.93. The van der Waals surface area contributed by atoms with Crippen molar-refractivity contribution in [2.75, 3.05) is 0 Å². The van der Waals surface area contributed by atoms with E-state index in [4.69, 9.17) is 9.97 Å². The summed E-state index contributed by atoms with van der Waals surface area (Å²) in [4.78, 5) is 11.1. The Bertz CT molecular complexity index is 2210. The van der Waals surface area contributed by atoms with Gasteiger partial charge in [0.05, 0.1) is 22.4 Å². The highest BCUT2D eigenvalue weighted by atomic mass is 14.8. The van der Waals surface area contributed by atoms with Crippen molar-refractivity contribution in [3.05, 3.63) is 144 Å². The highest BCUT2D eigenvalue weighted by Crippen LogP contribution is 2.42. The molecule has 2 fully saturated rings. The first-order valence-corrected chi connectivity index (χ1v) is 19.7. The molecule has 0 amide bonds. The maximum absolute atomic E-state index is 5.57. The summed E-state index contributed by atoms with van der Waals surface area (Å²) in [6.45, 7) is 4.53. The predicted molar refractivity (Wildman–Crippen MR) is 220 cm³/mol. The van der Waals surface area contributed by atoms with E-state index >= 15 is 0 Å². The maximum atomic E-state index is 5.57. The molecule has 7 aromatic rings. The van der Waals surface area contributed by atoms with Crippen LogP contribution in [0.5, 0.6) is 0 Å². The first-order chi connectivity index (χ1) is 25.6. The highest BCUT2D eigenvalue weighted by Gasteiger charge is 2.21. The third-order valence-corrected chi connectivity index (χ3v) is 12.1. The molecule has 9 rings (SSSR count). The molecule has 2 saturated carbocycles. The molecule has 0 aliphatic heterocycles. The van der Waals surface area contributed by atoms with Gasteiger partial charge in [0.2, 0.25) is 0 Å². The molecule has 2 aromatic heterocycles. The van der Waals surface area contributed by atoms with Crippen molar-refractivity contribution in [1.29, 1.82) is 0 Å². The van der Waals surface area contributed by atoms with Crippen molar-refractivity contribution in [3.8, 4) is 44.8 Å². The van der Waals surface area contributed by atoms with Gasteiger partial charge in [-0.05, 0) is 108 Å². The van der Waals surface area contributed by atoms with E-state index in [0.29, 0.717) is 11.8 Å². The smallest absolute Gasteiger partial charge is 0.0978 e. The molecule has 2 aliphatic carbocycles. The lowest BCUT2D eigenvalue weighted by molar-refractivity contribution is 0.443. The van der Waals surface area contributed by atoms with Crippen LogP contribution in [0.15, 0.2) is 121 Å². The molecular weight excluding hydrogens is 629 g/mol. The van der Waals surface area contributed by atoms with Crippen LogP contribution in [0.4, 0.5) is 0 Å². The monoisotopic (exact) mass is 676 g/mol. The van der Waals surface area contributed by atoms with Crippen LogP contribution in [-0.4, -0.2) is 9.97 Å². The second kappa shape index (κ2) is 14.2. The lowest BCUT2D eigenvalue weighted by atomic mass is 9.83. The molecule has 2 aliphatic rings. The topological polar surface area (TPSA) is 25.8 Å². The number of aromatic nitrogens is 2. The zero-order chi connectivity index (χ0) is 35.0. The van der Waals surface area contributed by atoms with Crippen LogP contribution in [0, 0.1) is 13.8 Å². The summed E-state index contributed by atoms with van der Waals surface area (Å²) in [5, 5.41) is 2.26. The number of fused-ring (bicyclic) bond motifs is 3. The fraction of sp³-hybridized carbons (Fsp3) is 0.280. The summed E-state index contributed by atoms with van der Waals surface area (Å²) in [7, 11) is 0. The molecule has 0 spiro atoms. The van der Waals surface area contributed by atoms with Crippen molar-refractivity contribution in [3.63, 3.8) is 0 Å². The second-order valence-corrected chi connectivity index (χ2v) is 15.5. The Hall–Kier alpha value is -5.08. The average Bonchev–Trinajstić information content (AvgIpc) is 3.21. The minimum Gasteiger partial charge on any atom is -0.245 e. The number of hydrogen-bond acceptors (Lipinski definition) is 2. The molecule has 258 valence electrons. The lowest BCUT2D eigenvalue weighted by Gasteiger charge is -2.23. The van der Waals surface area contributed by atoms with Crippen molar-refractivity contribution in [2.24, 2.45) is 0 Å². The largest absolute Gasteiger partial charge is 0.245 e. The van der Waals surface area contributed by atoms with Gasteiger partial charge in [0.1, 0.15) is 0 Å². The number of pyridine rings is 2. The normalized spacial score (nSPS) is 15.7. The molecule has 2 heteroatoms. The Morgan fingerprint density at radius 1 is 0.404 bits per heavy atom. The summed E-state index contributed by atoms with van der Waals surface area (Å²) in [5.74, 6) is 1.35. The van der Waals surface area contributed by atoms with Gasteiger partial charge in [-0.3, -0.25) is 0 Å². The summed E-state index contributed by atoms with van der Waals surface area (Å²) < 4.78 is 0. The number of nitrogens with zero attached hydrogens (tertiary/aromatic N) is 2. The molecule has 2 nitrogen and oxygen atoms in total. The van der Waals surface area contributed by atoms with Crippen LogP contribution in [0.25, 0.3) is 66.6 Å². The van der Waals surface area contributed by atoms with E-state index in [1.54, 1.807) is 0 Å². The third kappa shape index (κ3) is 6.23. The highest BCUT2D eigenvalue weighted by molar-refractivity contribution is 6.13. The maximum Gasteiger partial charge on any atom is 0.0978 e. The van der Waals surface area contributed by atoms with Gasteiger partial charge < -0.3 is 0 Å². The van der Waals surface area contributed by atoms with Crippen molar-refractivity contribution < 1.29 is 0 Å². The Morgan fingerprint density at radius 2 is 0.808 bits per heavy atom. The average molecular weight is 677 g/mol. The summed E-state index contributed by atoms with van der Waals surface area (Å²) >= 11 is 0. The predicted octanol–water partition coefficient (Wildman–Crippen LogP) is 14.2. The van der Waals surface area contributed by atoms with Crippen molar-refractivity contribution in [2.45, 2.75) is 89.9 Å². The molecule has 0 atom stereocenters. The molecule has 0 unspecified atom stereocenters. The standard InChI is InChI=1S/C50H48N2/c1-33-29-39(35-15-7-3-8-16-35)23-25-41(33)47-31-45(37-19-11-5-12-20-37)43-27-28-44-46(38-21-13-6-14-22-38)32-48(52-50(44)49(43)51-47)42-26-24-40(30-34(42)2)36-17-9-4-10-18-36/h5-6,11-14,19-32,35-36H,3-4,7-10,15-18H2,1-2H3. The Labute approximate surface area is 309 Å². The number of benzene rings is 5. The van der Waals surface area contributed by atoms with Crippen LogP contribution >= 0.6 is 0 Å². The van der Waals surface area contributed by atoms with Gasteiger partial charge in [0, 0.05) is 21.9 Å². The van der Waals surface area contributed by atoms with Gasteiger partial charge >= 0.3 is 0 Å². The van der Waals surface area contributed by atoms with E-state index < -0.39 is 0 Å². The summed E-state index contributed by atoms with van der Waals surface area (Å²) in [6.07, 6.45) is 13.3. The van der Waals surface area contributed by atoms with Gasteiger partial charge in [-0.2, -0.15) is 0 Å². The first kappa shape index (κ1) is 32.8. The van der Waals surface area contributed by atoms with Crippen LogP contribution in [-0.2, 0) is 0 Å². The van der Waals surface area contributed by atoms with Gasteiger partial charge in [0.15, 0.2) is 0 Å². The van der Waals surface area contributed by atoms with E-state index in [1.807, 2.05) is 0 Å². The van der Waals surface area contributed by atoms with Gasteiger partial charge in [-0.15, -0.1) is 0 Å². The molecule has 5 aromatic carbocycles. The third-order valence-electron chi connectivity index (χ3n) is 12.1. The minimum atomic E-state index is 0.675. The molecule has 0 bridgehead atoms. The van der Waals surface area contributed by atoms with Crippen LogP contribution in [0.2, 0.25) is 0 Å². The fourth-order valence-corrected chi connectivity index (χ4v) is 9.29.